The lowest BCUT2D eigenvalue weighted by molar-refractivity contribution is -0.351. The zero-order valence-corrected chi connectivity index (χ0v) is 19.2. The first-order chi connectivity index (χ1) is 14.0. The van der Waals surface area contributed by atoms with Crippen LogP contribution in [0.4, 0.5) is 13.2 Å². The van der Waals surface area contributed by atoms with Crippen molar-refractivity contribution < 1.29 is 17.9 Å². The molecule has 4 atom stereocenters. The van der Waals surface area contributed by atoms with Crippen molar-refractivity contribution in [3.05, 3.63) is 0 Å². The summed E-state index contributed by atoms with van der Waals surface area (Å²) in [6.07, 6.45) is 2.75. The fourth-order valence-corrected chi connectivity index (χ4v) is 5.93. The van der Waals surface area contributed by atoms with Gasteiger partial charge in [-0.3, -0.25) is 4.74 Å². The molecule has 2 saturated heterocycles. The first-order valence-electron chi connectivity index (χ1n) is 11.9. The molecule has 2 saturated carbocycles. The van der Waals surface area contributed by atoms with Crippen molar-refractivity contribution in [2.45, 2.75) is 104 Å². The van der Waals surface area contributed by atoms with Crippen LogP contribution in [0, 0.1) is 22.7 Å². The second-order valence-electron chi connectivity index (χ2n) is 10.9. The van der Waals surface area contributed by atoms with Gasteiger partial charge in [0.2, 0.25) is 0 Å². The van der Waals surface area contributed by atoms with Crippen LogP contribution in [0.3, 0.4) is 0 Å². The zero-order valence-electron chi connectivity index (χ0n) is 19.2. The molecule has 0 aromatic carbocycles. The Balaban J connectivity index is 1.73. The molecule has 0 radical (unpaired) electrons. The third-order valence-electron chi connectivity index (χ3n) is 8.98. The lowest BCUT2D eigenvalue weighted by atomic mass is 9.55. The average Bonchev–Trinajstić information content (AvgIpc) is 2.66. The third-order valence-corrected chi connectivity index (χ3v) is 8.98. The van der Waals surface area contributed by atoms with Gasteiger partial charge in [-0.15, -0.1) is 13.2 Å². The molecule has 2 heterocycles. The van der Waals surface area contributed by atoms with E-state index in [-0.39, 0.29) is 28.8 Å². The van der Waals surface area contributed by atoms with E-state index in [0.717, 1.165) is 25.6 Å². The molecule has 4 bridgehead atoms. The lowest BCUT2D eigenvalue weighted by Crippen LogP contribution is -2.54. The van der Waals surface area contributed by atoms with Gasteiger partial charge in [-0.2, -0.15) is 0 Å². The standard InChI is InChI=1S/C23H42F3N3O/c1-16-21(2,3)22(4)10-7-17(8-11-22)9-12-27-15-29-19-5-6-20(30-23(24,25)26)18(13-19)14-28-16/h16-20,27-29H,5-15H2,1-4H3. The van der Waals surface area contributed by atoms with Gasteiger partial charge in [-0.25, -0.2) is 0 Å². The predicted octanol–water partition coefficient (Wildman–Crippen LogP) is 4.80. The van der Waals surface area contributed by atoms with Gasteiger partial charge in [-0.05, 0) is 87.5 Å². The number of alkyl halides is 3. The molecule has 0 amide bonds. The Morgan fingerprint density at radius 3 is 2.30 bits per heavy atom. The highest BCUT2D eigenvalue weighted by Gasteiger charge is 2.47. The maximum absolute atomic E-state index is 13.0. The fourth-order valence-electron chi connectivity index (χ4n) is 5.93. The molecule has 4 nitrogen and oxygen atoms in total. The van der Waals surface area contributed by atoms with Crippen molar-refractivity contribution >= 4 is 0 Å². The van der Waals surface area contributed by atoms with Crippen molar-refractivity contribution in [1.82, 2.24) is 16.0 Å². The minimum atomic E-state index is -4.57. The molecule has 0 spiro atoms. The maximum atomic E-state index is 13.0. The summed E-state index contributed by atoms with van der Waals surface area (Å²) in [5.74, 6) is 0.657. The Labute approximate surface area is 180 Å². The van der Waals surface area contributed by atoms with Gasteiger partial charge in [0, 0.05) is 25.3 Å². The smallest absolute Gasteiger partial charge is 0.313 e. The van der Waals surface area contributed by atoms with E-state index in [9.17, 15) is 13.2 Å². The Morgan fingerprint density at radius 1 is 0.933 bits per heavy atom. The number of fused-ring (bicyclic) bond motifs is 9. The molecule has 4 unspecified atom stereocenters. The van der Waals surface area contributed by atoms with Crippen molar-refractivity contribution in [1.29, 1.82) is 0 Å². The van der Waals surface area contributed by atoms with Crippen molar-refractivity contribution in [2.75, 3.05) is 19.8 Å². The van der Waals surface area contributed by atoms with Gasteiger partial charge in [0.25, 0.3) is 0 Å². The summed E-state index contributed by atoms with van der Waals surface area (Å²) in [6, 6.07) is 0.469. The Hall–Kier alpha value is -0.370. The van der Waals surface area contributed by atoms with Crippen LogP contribution in [0.25, 0.3) is 0 Å². The van der Waals surface area contributed by atoms with Crippen molar-refractivity contribution in [3.8, 4) is 0 Å². The highest BCUT2D eigenvalue weighted by Crippen LogP contribution is 2.52. The van der Waals surface area contributed by atoms with Crippen LogP contribution < -0.4 is 16.0 Å². The van der Waals surface area contributed by atoms with E-state index in [1.165, 1.54) is 32.1 Å². The average molecular weight is 434 g/mol. The third kappa shape index (κ3) is 5.90. The number of halogens is 3. The van der Waals surface area contributed by atoms with Crippen LogP contribution in [0.15, 0.2) is 0 Å². The maximum Gasteiger partial charge on any atom is 0.522 e. The van der Waals surface area contributed by atoms with Crippen LogP contribution in [0.2, 0.25) is 0 Å². The second-order valence-corrected chi connectivity index (χ2v) is 10.9. The van der Waals surface area contributed by atoms with Gasteiger partial charge in [-0.1, -0.05) is 20.8 Å². The lowest BCUT2D eigenvalue weighted by Gasteiger charge is -2.52. The highest BCUT2D eigenvalue weighted by atomic mass is 19.4. The summed E-state index contributed by atoms with van der Waals surface area (Å²) >= 11 is 0. The van der Waals surface area contributed by atoms with Gasteiger partial charge in [0.05, 0.1) is 6.10 Å². The zero-order chi connectivity index (χ0) is 22.0. The van der Waals surface area contributed by atoms with E-state index >= 15 is 0 Å². The van der Waals surface area contributed by atoms with Gasteiger partial charge in [0.15, 0.2) is 0 Å². The monoisotopic (exact) mass is 433 g/mol. The Bertz CT molecular complexity index is 546. The number of rotatable bonds is 1. The fraction of sp³-hybridized carbons (Fsp3) is 1.00. The minimum absolute atomic E-state index is 0.0694. The molecule has 7 heteroatoms. The number of nitrogens with one attached hydrogen (secondary N) is 3. The van der Waals surface area contributed by atoms with Crippen LogP contribution >= 0.6 is 0 Å². The molecule has 2 aliphatic heterocycles. The largest absolute Gasteiger partial charge is 0.522 e. The summed E-state index contributed by atoms with van der Waals surface area (Å²) in [7, 11) is 0. The normalized spacial score (nSPS) is 41.5. The van der Waals surface area contributed by atoms with E-state index in [4.69, 9.17) is 0 Å². The molecular weight excluding hydrogens is 391 g/mol. The summed E-state index contributed by atoms with van der Waals surface area (Å²) in [5, 5.41) is 10.7. The van der Waals surface area contributed by atoms with E-state index in [0.29, 0.717) is 19.4 Å². The molecule has 30 heavy (non-hydrogen) atoms. The molecule has 2 aliphatic carbocycles. The first kappa shape index (κ1) is 24.3. The molecular formula is C23H42F3N3O. The minimum Gasteiger partial charge on any atom is -0.313 e. The second kappa shape index (κ2) is 9.63. The van der Waals surface area contributed by atoms with Crippen LogP contribution in [-0.4, -0.2) is 44.3 Å². The number of hydrogen-bond acceptors (Lipinski definition) is 4. The molecule has 3 N–H and O–H groups in total. The molecule has 0 aromatic heterocycles. The molecule has 176 valence electrons. The van der Waals surface area contributed by atoms with Crippen LogP contribution in [0.1, 0.15) is 79.1 Å². The topological polar surface area (TPSA) is 45.3 Å². The van der Waals surface area contributed by atoms with E-state index in [1.54, 1.807) is 0 Å². The van der Waals surface area contributed by atoms with E-state index < -0.39 is 12.5 Å². The quantitative estimate of drug-likeness (QED) is 0.556. The predicted molar refractivity (Wildman–Crippen MR) is 114 cm³/mol. The van der Waals surface area contributed by atoms with E-state index in [1.807, 2.05) is 0 Å². The van der Waals surface area contributed by atoms with Gasteiger partial charge in [0.1, 0.15) is 0 Å². The molecule has 0 aromatic rings. The van der Waals surface area contributed by atoms with Crippen molar-refractivity contribution in [2.24, 2.45) is 22.7 Å². The number of ether oxygens (including phenoxy) is 1. The summed E-state index contributed by atoms with van der Waals surface area (Å²) < 4.78 is 43.5. The van der Waals surface area contributed by atoms with E-state index in [2.05, 4.69) is 48.4 Å². The van der Waals surface area contributed by atoms with Crippen molar-refractivity contribution in [3.63, 3.8) is 0 Å². The van der Waals surface area contributed by atoms with Gasteiger partial charge < -0.3 is 16.0 Å². The molecule has 4 aliphatic rings. The van der Waals surface area contributed by atoms with Gasteiger partial charge >= 0.3 is 6.36 Å². The summed E-state index contributed by atoms with van der Waals surface area (Å²) in [4.78, 5) is 0. The van der Waals surface area contributed by atoms with Crippen LogP contribution in [0.5, 0.6) is 0 Å². The highest BCUT2D eigenvalue weighted by molar-refractivity contribution is 4.99. The Morgan fingerprint density at radius 2 is 1.63 bits per heavy atom. The number of hydrogen-bond donors (Lipinski definition) is 3. The molecule has 4 fully saturated rings. The molecule has 4 rings (SSSR count). The Kier molecular flexibility index (Phi) is 7.80. The first-order valence-corrected chi connectivity index (χ1v) is 11.9. The van der Waals surface area contributed by atoms with Crippen LogP contribution in [-0.2, 0) is 4.74 Å². The summed E-state index contributed by atoms with van der Waals surface area (Å²) in [6.45, 7) is 11.6. The summed E-state index contributed by atoms with van der Waals surface area (Å²) in [5.41, 5.74) is 0.318. The SMILES string of the molecule is CC1NCC2CC(CCC2OC(F)(F)F)NCNCCC2CCC(C)(CC2)C1(C)C.